The molecule has 2 aromatic carbocycles. The van der Waals surface area contributed by atoms with Gasteiger partial charge in [0.2, 0.25) is 0 Å². The maximum Gasteiger partial charge on any atom is 0.179 e. The van der Waals surface area contributed by atoms with E-state index in [1.807, 2.05) is 48.7 Å². The Kier molecular flexibility index (Phi) is 3.57. The average Bonchev–Trinajstić information content (AvgIpc) is 2.87. The third kappa shape index (κ3) is 2.35. The van der Waals surface area contributed by atoms with Gasteiger partial charge in [-0.1, -0.05) is 48.5 Å². The minimum Gasteiger partial charge on any atom is -0.342 e. The van der Waals surface area contributed by atoms with Crippen molar-refractivity contribution in [1.82, 2.24) is 4.57 Å². The third-order valence-electron chi connectivity index (χ3n) is 3.41. The zero-order valence-corrected chi connectivity index (χ0v) is 11.7. The minimum atomic E-state index is -0.0327. The van der Waals surface area contributed by atoms with Crippen LogP contribution >= 0.6 is 11.6 Å². The second kappa shape index (κ2) is 5.51. The number of benzene rings is 2. The molecule has 0 N–H and O–H groups in total. The number of nitrogens with zero attached hydrogens (tertiary/aromatic N) is 1. The van der Waals surface area contributed by atoms with Crippen molar-refractivity contribution in [3.8, 4) is 0 Å². The highest BCUT2D eigenvalue weighted by molar-refractivity contribution is 6.32. The number of carbonyl (C=O) groups excluding carboxylic acids is 1. The highest BCUT2D eigenvalue weighted by Gasteiger charge is 2.13. The quantitative estimate of drug-likeness (QED) is 0.522. The Balaban J connectivity index is 2.09. The maximum atomic E-state index is 11.9. The molecule has 0 unspecified atom stereocenters. The lowest BCUT2D eigenvalue weighted by Gasteiger charge is -2.05. The Morgan fingerprint density at radius 2 is 1.70 bits per heavy atom. The predicted octanol–water partition coefficient (Wildman–Crippen LogP) is 4.11. The fourth-order valence-corrected chi connectivity index (χ4v) is 2.60. The lowest BCUT2D eigenvalue weighted by molar-refractivity contribution is 0.102. The van der Waals surface area contributed by atoms with Crippen molar-refractivity contribution in [2.75, 3.05) is 5.88 Å². The highest BCUT2D eigenvalue weighted by atomic mass is 35.5. The molecule has 0 saturated carbocycles. The molecule has 0 amide bonds. The van der Waals surface area contributed by atoms with Crippen LogP contribution in [-0.4, -0.2) is 16.2 Å². The summed E-state index contributed by atoms with van der Waals surface area (Å²) in [5.74, 6) is -0.0195. The molecule has 0 atom stereocenters. The standard InChI is InChI=1S/C17H14ClNO/c18-10-17(20)15-12-19(11-13-6-2-1-3-7-13)16-9-5-4-8-14(15)16/h1-9,12H,10-11H2. The topological polar surface area (TPSA) is 22.0 Å². The largest absolute Gasteiger partial charge is 0.342 e. The number of Topliss-reactive ketones (excluding diaryl/α,β-unsaturated/α-hetero) is 1. The molecule has 1 heterocycles. The number of halogens is 1. The molecule has 0 spiro atoms. The van der Waals surface area contributed by atoms with Gasteiger partial charge in [0.05, 0.1) is 5.88 Å². The first-order valence-electron chi connectivity index (χ1n) is 6.50. The summed E-state index contributed by atoms with van der Waals surface area (Å²) in [4.78, 5) is 11.9. The van der Waals surface area contributed by atoms with Gasteiger partial charge in [-0.25, -0.2) is 0 Å². The van der Waals surface area contributed by atoms with Crippen LogP contribution in [0, 0.1) is 0 Å². The Morgan fingerprint density at radius 3 is 2.45 bits per heavy atom. The molecule has 0 radical (unpaired) electrons. The summed E-state index contributed by atoms with van der Waals surface area (Å²) < 4.78 is 2.10. The van der Waals surface area contributed by atoms with E-state index in [-0.39, 0.29) is 11.7 Å². The molecule has 2 nitrogen and oxygen atoms in total. The number of hydrogen-bond acceptors (Lipinski definition) is 1. The Labute approximate surface area is 122 Å². The van der Waals surface area contributed by atoms with Crippen LogP contribution in [0.25, 0.3) is 10.9 Å². The van der Waals surface area contributed by atoms with Gasteiger partial charge >= 0.3 is 0 Å². The summed E-state index contributed by atoms with van der Waals surface area (Å²) in [6.07, 6.45) is 1.91. The molecule has 0 aliphatic carbocycles. The monoisotopic (exact) mass is 283 g/mol. The summed E-state index contributed by atoms with van der Waals surface area (Å²) in [6, 6.07) is 18.1. The highest BCUT2D eigenvalue weighted by Crippen LogP contribution is 2.23. The Morgan fingerprint density at radius 1 is 1.00 bits per heavy atom. The van der Waals surface area contributed by atoms with Crippen LogP contribution in [0.3, 0.4) is 0 Å². The molecule has 100 valence electrons. The van der Waals surface area contributed by atoms with Crippen LogP contribution in [0.2, 0.25) is 0 Å². The molecule has 3 heteroatoms. The van der Waals surface area contributed by atoms with Crippen LogP contribution in [-0.2, 0) is 6.54 Å². The van der Waals surface area contributed by atoms with Gasteiger partial charge in [0.15, 0.2) is 5.78 Å². The van der Waals surface area contributed by atoms with Crippen LogP contribution in [0.1, 0.15) is 15.9 Å². The molecule has 0 saturated heterocycles. The second-order valence-corrected chi connectivity index (χ2v) is 5.00. The summed E-state index contributed by atoms with van der Waals surface area (Å²) in [7, 11) is 0. The summed E-state index contributed by atoms with van der Waals surface area (Å²) in [6.45, 7) is 0.747. The van der Waals surface area contributed by atoms with E-state index in [1.54, 1.807) is 0 Å². The Bertz CT molecular complexity index is 746. The van der Waals surface area contributed by atoms with Crippen molar-refractivity contribution < 1.29 is 4.79 Å². The van der Waals surface area contributed by atoms with Gasteiger partial charge < -0.3 is 4.57 Å². The number of fused-ring (bicyclic) bond motifs is 1. The van der Waals surface area contributed by atoms with Crippen LogP contribution in [0.4, 0.5) is 0 Å². The number of alkyl halides is 1. The first-order valence-corrected chi connectivity index (χ1v) is 7.04. The molecule has 20 heavy (non-hydrogen) atoms. The fourth-order valence-electron chi connectivity index (χ4n) is 2.45. The van der Waals surface area contributed by atoms with Crippen molar-refractivity contribution in [1.29, 1.82) is 0 Å². The maximum absolute atomic E-state index is 11.9. The van der Waals surface area contributed by atoms with E-state index in [0.717, 1.165) is 17.4 Å². The number of carbonyl (C=O) groups is 1. The smallest absolute Gasteiger partial charge is 0.179 e. The first-order chi connectivity index (χ1) is 9.79. The van der Waals surface area contributed by atoms with E-state index in [1.165, 1.54) is 5.56 Å². The first kappa shape index (κ1) is 12.9. The molecule has 0 aliphatic heterocycles. The van der Waals surface area contributed by atoms with E-state index in [9.17, 15) is 4.79 Å². The molecule has 0 fully saturated rings. The number of ketones is 1. The van der Waals surface area contributed by atoms with Crippen LogP contribution in [0.5, 0.6) is 0 Å². The predicted molar refractivity (Wildman–Crippen MR) is 82.5 cm³/mol. The average molecular weight is 284 g/mol. The van der Waals surface area contributed by atoms with Gasteiger partial charge in [0.1, 0.15) is 0 Å². The molecule has 1 aromatic heterocycles. The Hall–Kier alpha value is -2.06. The number of para-hydroxylation sites is 1. The molecule has 0 bridgehead atoms. The van der Waals surface area contributed by atoms with E-state index < -0.39 is 0 Å². The lowest BCUT2D eigenvalue weighted by atomic mass is 10.1. The van der Waals surface area contributed by atoms with Crippen LogP contribution in [0.15, 0.2) is 60.8 Å². The van der Waals surface area contributed by atoms with Crippen molar-refractivity contribution in [2.45, 2.75) is 6.54 Å². The summed E-state index contributed by atoms with van der Waals surface area (Å²) in [5.41, 5.74) is 2.97. The summed E-state index contributed by atoms with van der Waals surface area (Å²) >= 11 is 5.70. The summed E-state index contributed by atoms with van der Waals surface area (Å²) in [5, 5.41) is 0.967. The van der Waals surface area contributed by atoms with Gasteiger partial charge in [-0.2, -0.15) is 0 Å². The zero-order valence-electron chi connectivity index (χ0n) is 10.9. The van der Waals surface area contributed by atoms with Crippen molar-refractivity contribution in [3.05, 3.63) is 71.9 Å². The van der Waals surface area contributed by atoms with Gasteiger partial charge in [0.25, 0.3) is 0 Å². The van der Waals surface area contributed by atoms with E-state index in [2.05, 4.69) is 16.7 Å². The van der Waals surface area contributed by atoms with Crippen molar-refractivity contribution >= 4 is 28.3 Å². The van der Waals surface area contributed by atoms with E-state index >= 15 is 0 Å². The molecular weight excluding hydrogens is 270 g/mol. The molecular formula is C17H14ClNO. The van der Waals surface area contributed by atoms with Crippen molar-refractivity contribution in [3.63, 3.8) is 0 Å². The van der Waals surface area contributed by atoms with E-state index in [4.69, 9.17) is 11.6 Å². The fraction of sp³-hybridized carbons (Fsp3) is 0.118. The normalized spacial score (nSPS) is 10.8. The van der Waals surface area contributed by atoms with Gasteiger partial charge in [-0.05, 0) is 11.6 Å². The SMILES string of the molecule is O=C(CCl)c1cn(Cc2ccccc2)c2ccccc12. The number of aromatic nitrogens is 1. The third-order valence-corrected chi connectivity index (χ3v) is 3.65. The minimum absolute atomic E-state index is 0.0132. The van der Waals surface area contributed by atoms with Gasteiger partial charge in [-0.15, -0.1) is 11.6 Å². The van der Waals surface area contributed by atoms with Crippen molar-refractivity contribution in [2.24, 2.45) is 0 Å². The van der Waals surface area contributed by atoms with Gasteiger partial charge in [0, 0.05) is 29.2 Å². The molecule has 3 aromatic rings. The molecule has 0 aliphatic rings. The molecule has 3 rings (SSSR count). The van der Waals surface area contributed by atoms with Gasteiger partial charge in [-0.3, -0.25) is 4.79 Å². The number of hydrogen-bond donors (Lipinski definition) is 0. The number of rotatable bonds is 4. The second-order valence-electron chi connectivity index (χ2n) is 4.73. The van der Waals surface area contributed by atoms with E-state index in [0.29, 0.717) is 5.56 Å². The zero-order chi connectivity index (χ0) is 13.9. The lowest BCUT2D eigenvalue weighted by Crippen LogP contribution is -2.00. The van der Waals surface area contributed by atoms with Crippen LogP contribution < -0.4 is 0 Å².